The molecule has 0 spiro atoms. The summed E-state index contributed by atoms with van der Waals surface area (Å²) < 4.78 is 5.31. The Bertz CT molecular complexity index is 201. The van der Waals surface area contributed by atoms with Crippen molar-refractivity contribution in [3.8, 4) is 0 Å². The number of hydrogen-bond acceptors (Lipinski definition) is 4. The average molecular weight is 228 g/mol. The predicted molar refractivity (Wildman–Crippen MR) is 63.5 cm³/mol. The predicted octanol–water partition coefficient (Wildman–Crippen LogP) is 0.210. The molecule has 0 radical (unpaired) electrons. The molecule has 2 aliphatic rings. The average Bonchev–Trinajstić information content (AvgIpc) is 2.69. The molecule has 1 saturated carbocycles. The quantitative estimate of drug-likeness (QED) is 0.682. The number of ether oxygens (including phenoxy) is 1. The highest BCUT2D eigenvalue weighted by Crippen LogP contribution is 2.28. The maximum atomic E-state index is 9.11. The van der Waals surface area contributed by atoms with E-state index < -0.39 is 0 Å². The van der Waals surface area contributed by atoms with Gasteiger partial charge in [-0.3, -0.25) is 4.90 Å². The summed E-state index contributed by atoms with van der Waals surface area (Å²) in [6.07, 6.45) is 5.28. The van der Waals surface area contributed by atoms with Crippen molar-refractivity contribution in [1.29, 1.82) is 0 Å². The second kappa shape index (κ2) is 5.96. The van der Waals surface area contributed by atoms with Gasteiger partial charge in [0.1, 0.15) is 0 Å². The minimum atomic E-state index is 0.265. The van der Waals surface area contributed by atoms with Crippen LogP contribution < -0.4 is 5.32 Å². The fourth-order valence-corrected chi connectivity index (χ4v) is 2.78. The third kappa shape index (κ3) is 2.94. The number of aliphatic hydroxyl groups is 1. The van der Waals surface area contributed by atoms with Crippen LogP contribution >= 0.6 is 0 Å². The molecule has 1 aliphatic heterocycles. The monoisotopic (exact) mass is 228 g/mol. The number of nitrogens with one attached hydrogen (secondary N) is 1. The minimum Gasteiger partial charge on any atom is -0.395 e. The molecular weight excluding hydrogens is 204 g/mol. The molecule has 4 nitrogen and oxygen atoms in total. The molecule has 2 fully saturated rings. The zero-order valence-corrected chi connectivity index (χ0v) is 10.2. The number of methoxy groups -OCH3 is 1. The lowest BCUT2D eigenvalue weighted by atomic mass is 9.87. The van der Waals surface area contributed by atoms with E-state index in [0.29, 0.717) is 18.2 Å². The van der Waals surface area contributed by atoms with Crippen molar-refractivity contribution in [2.24, 2.45) is 0 Å². The van der Waals surface area contributed by atoms with E-state index in [1.165, 1.54) is 12.8 Å². The van der Waals surface area contributed by atoms with Gasteiger partial charge >= 0.3 is 0 Å². The molecule has 1 saturated heterocycles. The largest absolute Gasteiger partial charge is 0.395 e. The van der Waals surface area contributed by atoms with Gasteiger partial charge in [0.25, 0.3) is 0 Å². The smallest absolute Gasteiger partial charge is 0.0601 e. The minimum absolute atomic E-state index is 0.265. The molecule has 1 unspecified atom stereocenters. The van der Waals surface area contributed by atoms with Crippen LogP contribution in [0.2, 0.25) is 0 Å². The zero-order valence-electron chi connectivity index (χ0n) is 10.2. The van der Waals surface area contributed by atoms with Crippen molar-refractivity contribution >= 4 is 0 Å². The van der Waals surface area contributed by atoms with Gasteiger partial charge < -0.3 is 15.2 Å². The Kier molecular flexibility index (Phi) is 4.58. The fourth-order valence-electron chi connectivity index (χ4n) is 2.78. The van der Waals surface area contributed by atoms with Crippen LogP contribution in [0.25, 0.3) is 0 Å². The molecule has 0 aromatic carbocycles. The molecule has 16 heavy (non-hydrogen) atoms. The second-order valence-electron chi connectivity index (χ2n) is 4.99. The lowest BCUT2D eigenvalue weighted by Crippen LogP contribution is -2.52. The van der Waals surface area contributed by atoms with Crippen LogP contribution in [0.3, 0.4) is 0 Å². The van der Waals surface area contributed by atoms with Crippen molar-refractivity contribution in [2.75, 3.05) is 33.4 Å². The molecule has 2 rings (SSSR count). The molecular formula is C12H24N2O2. The van der Waals surface area contributed by atoms with E-state index >= 15 is 0 Å². The Hall–Kier alpha value is -0.160. The van der Waals surface area contributed by atoms with Crippen LogP contribution in [0.5, 0.6) is 0 Å². The van der Waals surface area contributed by atoms with Gasteiger partial charge in [-0.1, -0.05) is 0 Å². The summed E-state index contributed by atoms with van der Waals surface area (Å²) in [5.41, 5.74) is 0. The molecule has 4 heteroatoms. The van der Waals surface area contributed by atoms with Crippen LogP contribution in [-0.2, 0) is 4.74 Å². The summed E-state index contributed by atoms with van der Waals surface area (Å²) in [7, 11) is 1.79. The van der Waals surface area contributed by atoms with Gasteiger partial charge in [0.05, 0.1) is 12.7 Å². The van der Waals surface area contributed by atoms with Gasteiger partial charge in [0.2, 0.25) is 0 Å². The lowest BCUT2D eigenvalue weighted by molar-refractivity contribution is -0.0328. The summed E-state index contributed by atoms with van der Waals surface area (Å²) in [6, 6.07) is 1.26. The third-order valence-electron chi connectivity index (χ3n) is 3.92. The Morgan fingerprint density at radius 3 is 2.81 bits per heavy atom. The first-order valence-electron chi connectivity index (χ1n) is 6.44. The van der Waals surface area contributed by atoms with Crippen LogP contribution in [-0.4, -0.2) is 61.5 Å². The van der Waals surface area contributed by atoms with Crippen molar-refractivity contribution < 1.29 is 9.84 Å². The van der Waals surface area contributed by atoms with Crippen LogP contribution in [0.1, 0.15) is 25.7 Å². The molecule has 1 heterocycles. The molecule has 0 amide bonds. The lowest BCUT2D eigenvalue weighted by Gasteiger charge is -2.43. The van der Waals surface area contributed by atoms with E-state index in [0.717, 1.165) is 32.5 Å². The first-order chi connectivity index (χ1) is 7.83. The van der Waals surface area contributed by atoms with E-state index in [1.807, 2.05) is 0 Å². The number of hydrogen-bond donors (Lipinski definition) is 2. The molecule has 0 aromatic heterocycles. The first-order valence-corrected chi connectivity index (χ1v) is 6.44. The summed E-state index contributed by atoms with van der Waals surface area (Å²) >= 11 is 0. The van der Waals surface area contributed by atoms with E-state index in [4.69, 9.17) is 9.84 Å². The van der Waals surface area contributed by atoms with E-state index in [1.54, 1.807) is 7.11 Å². The Labute approximate surface area is 98.0 Å². The van der Waals surface area contributed by atoms with Crippen molar-refractivity contribution in [1.82, 2.24) is 10.2 Å². The molecule has 0 bridgehead atoms. The highest BCUT2D eigenvalue weighted by molar-refractivity contribution is 4.90. The molecule has 1 aliphatic carbocycles. The van der Waals surface area contributed by atoms with E-state index in [9.17, 15) is 0 Å². The van der Waals surface area contributed by atoms with Crippen LogP contribution in [0, 0.1) is 0 Å². The molecule has 1 atom stereocenters. The highest BCUT2D eigenvalue weighted by atomic mass is 16.5. The summed E-state index contributed by atoms with van der Waals surface area (Å²) in [4.78, 5) is 2.43. The Morgan fingerprint density at radius 2 is 2.25 bits per heavy atom. The van der Waals surface area contributed by atoms with Gasteiger partial charge in [-0.05, 0) is 32.2 Å². The second-order valence-corrected chi connectivity index (χ2v) is 4.99. The molecule has 2 N–H and O–H groups in total. The van der Waals surface area contributed by atoms with Gasteiger partial charge in [-0.2, -0.15) is 0 Å². The zero-order chi connectivity index (χ0) is 11.4. The topological polar surface area (TPSA) is 44.7 Å². The summed E-state index contributed by atoms with van der Waals surface area (Å²) in [6.45, 7) is 3.31. The maximum Gasteiger partial charge on any atom is 0.0601 e. The van der Waals surface area contributed by atoms with Crippen LogP contribution in [0.15, 0.2) is 0 Å². The Balaban J connectivity index is 1.75. The number of aliphatic hydroxyl groups excluding tert-OH is 1. The fraction of sp³-hybridized carbons (Fsp3) is 1.00. The highest BCUT2D eigenvalue weighted by Gasteiger charge is 2.34. The van der Waals surface area contributed by atoms with Gasteiger partial charge in [0.15, 0.2) is 0 Å². The first kappa shape index (κ1) is 12.3. The standard InChI is InChI=1S/C12H24N2O2/c1-16-12-7-11(8-12)14(5-6-15)9-10-3-2-4-13-10/h10-13,15H,2-9H2,1H3. The number of nitrogens with zero attached hydrogens (tertiary/aromatic N) is 1. The van der Waals surface area contributed by atoms with Gasteiger partial charge in [-0.25, -0.2) is 0 Å². The van der Waals surface area contributed by atoms with E-state index in [2.05, 4.69) is 10.2 Å². The molecule has 0 aromatic rings. The summed E-state index contributed by atoms with van der Waals surface area (Å²) in [5.74, 6) is 0. The van der Waals surface area contributed by atoms with Gasteiger partial charge in [0, 0.05) is 32.3 Å². The van der Waals surface area contributed by atoms with E-state index in [-0.39, 0.29) is 6.61 Å². The summed E-state index contributed by atoms with van der Waals surface area (Å²) in [5, 5.41) is 12.6. The van der Waals surface area contributed by atoms with Crippen LogP contribution in [0.4, 0.5) is 0 Å². The Morgan fingerprint density at radius 1 is 1.44 bits per heavy atom. The maximum absolute atomic E-state index is 9.11. The number of rotatable bonds is 6. The van der Waals surface area contributed by atoms with Crippen molar-refractivity contribution in [3.05, 3.63) is 0 Å². The normalized spacial score (nSPS) is 34.3. The van der Waals surface area contributed by atoms with Gasteiger partial charge in [-0.15, -0.1) is 0 Å². The molecule has 94 valence electrons. The van der Waals surface area contributed by atoms with Crippen molar-refractivity contribution in [2.45, 2.75) is 43.9 Å². The van der Waals surface area contributed by atoms with Crippen molar-refractivity contribution in [3.63, 3.8) is 0 Å². The SMILES string of the molecule is COC1CC(N(CCO)CC2CCCN2)C1. The third-order valence-corrected chi connectivity index (χ3v) is 3.92.